The second-order valence-electron chi connectivity index (χ2n) is 4.21. The normalized spacial score (nSPS) is 29.2. The van der Waals surface area contributed by atoms with Gasteiger partial charge in [-0.15, -0.1) is 0 Å². The van der Waals surface area contributed by atoms with Crippen molar-refractivity contribution in [2.75, 3.05) is 19.6 Å². The van der Waals surface area contributed by atoms with E-state index >= 15 is 0 Å². The Labute approximate surface area is 87.9 Å². The van der Waals surface area contributed by atoms with Crippen LogP contribution in [0.25, 0.3) is 0 Å². The Morgan fingerprint density at radius 3 is 2.33 bits per heavy atom. The number of rotatable bonds is 1. The molecule has 2 amide bonds. The lowest BCUT2D eigenvalue weighted by atomic mass is 9.85. The molecule has 0 bridgehead atoms. The molecule has 2 saturated heterocycles. The third-order valence-electron chi connectivity index (χ3n) is 3.34. The summed E-state index contributed by atoms with van der Waals surface area (Å²) in [6, 6.07) is 0. The Bertz CT molecular complexity index is 303. The van der Waals surface area contributed by atoms with E-state index in [1.807, 2.05) is 0 Å². The van der Waals surface area contributed by atoms with Gasteiger partial charge in [0, 0.05) is 19.6 Å². The fraction of sp³-hybridized carbons (Fsp3) is 0.778. The first-order valence-corrected chi connectivity index (χ1v) is 5.07. The van der Waals surface area contributed by atoms with Crippen molar-refractivity contribution in [2.24, 2.45) is 5.90 Å². The molecule has 0 aromatic carbocycles. The molecule has 1 atom stereocenters. The minimum absolute atomic E-state index is 0.00500. The van der Waals surface area contributed by atoms with Gasteiger partial charge in [-0.3, -0.25) is 9.69 Å². The lowest BCUT2D eigenvalue weighted by Gasteiger charge is -2.51. The zero-order chi connectivity index (χ0) is 11.1. The first-order valence-electron chi connectivity index (χ1n) is 5.07. The minimum Gasteiger partial charge on any atom is -0.357 e. The molecule has 0 aromatic rings. The van der Waals surface area contributed by atoms with E-state index in [2.05, 4.69) is 4.84 Å². The molecule has 6 heteroatoms. The third-order valence-corrected chi connectivity index (χ3v) is 3.34. The van der Waals surface area contributed by atoms with E-state index in [4.69, 9.17) is 5.90 Å². The predicted molar refractivity (Wildman–Crippen MR) is 51.6 cm³/mol. The predicted octanol–water partition coefficient (Wildman–Crippen LogP) is -0.307. The molecule has 2 aliphatic heterocycles. The molecule has 0 spiro atoms. The topological polar surface area (TPSA) is 75.9 Å². The average Bonchev–Trinajstić information content (AvgIpc) is 2.11. The van der Waals surface area contributed by atoms with Crippen LogP contribution < -0.4 is 5.90 Å². The Hall–Kier alpha value is -1.30. The summed E-state index contributed by atoms with van der Waals surface area (Å²) >= 11 is 0. The summed E-state index contributed by atoms with van der Waals surface area (Å²) in [4.78, 5) is 30.5. The standard InChI is InChI=1S/C9H15N3O3/c1-9(7(13)11-4-2-5-11)3-6-12(9)8(14)15-10/h2-6,10H2,1H3. The van der Waals surface area contributed by atoms with Gasteiger partial charge in [0.15, 0.2) is 0 Å². The van der Waals surface area contributed by atoms with Gasteiger partial charge in [0.1, 0.15) is 5.54 Å². The van der Waals surface area contributed by atoms with Crippen LogP contribution in [0.5, 0.6) is 0 Å². The Morgan fingerprint density at radius 2 is 2.00 bits per heavy atom. The van der Waals surface area contributed by atoms with Gasteiger partial charge >= 0.3 is 6.09 Å². The van der Waals surface area contributed by atoms with Gasteiger partial charge in [-0.05, 0) is 19.8 Å². The SMILES string of the molecule is CC1(C(=O)N2CCC2)CCN1C(=O)ON. The summed E-state index contributed by atoms with van der Waals surface area (Å²) in [7, 11) is 0. The second kappa shape index (κ2) is 3.37. The summed E-state index contributed by atoms with van der Waals surface area (Å²) in [5.41, 5.74) is -0.739. The van der Waals surface area contributed by atoms with Crippen LogP contribution in [0.1, 0.15) is 19.8 Å². The lowest BCUT2D eigenvalue weighted by molar-refractivity contribution is -0.153. The first-order chi connectivity index (χ1) is 7.09. The van der Waals surface area contributed by atoms with Gasteiger partial charge < -0.3 is 9.74 Å². The van der Waals surface area contributed by atoms with Crippen LogP contribution in [0.2, 0.25) is 0 Å². The van der Waals surface area contributed by atoms with E-state index in [-0.39, 0.29) is 5.91 Å². The van der Waals surface area contributed by atoms with E-state index in [1.165, 1.54) is 4.90 Å². The number of nitrogens with zero attached hydrogens (tertiary/aromatic N) is 2. The van der Waals surface area contributed by atoms with E-state index in [1.54, 1.807) is 11.8 Å². The zero-order valence-corrected chi connectivity index (χ0v) is 8.73. The van der Waals surface area contributed by atoms with E-state index in [0.717, 1.165) is 19.5 Å². The molecule has 84 valence electrons. The Kier molecular flexibility index (Phi) is 2.30. The van der Waals surface area contributed by atoms with Crippen molar-refractivity contribution in [1.29, 1.82) is 0 Å². The fourth-order valence-corrected chi connectivity index (χ4v) is 2.00. The van der Waals surface area contributed by atoms with Gasteiger partial charge in [0.05, 0.1) is 0 Å². The van der Waals surface area contributed by atoms with Crippen molar-refractivity contribution < 1.29 is 14.4 Å². The van der Waals surface area contributed by atoms with E-state index in [9.17, 15) is 9.59 Å². The molecule has 2 N–H and O–H groups in total. The number of hydrogen-bond acceptors (Lipinski definition) is 4. The molecule has 0 aromatic heterocycles. The van der Waals surface area contributed by atoms with Crippen molar-refractivity contribution in [1.82, 2.24) is 9.80 Å². The smallest absolute Gasteiger partial charge is 0.357 e. The third kappa shape index (κ3) is 1.36. The van der Waals surface area contributed by atoms with Gasteiger partial charge in [-0.1, -0.05) is 0 Å². The quantitative estimate of drug-likeness (QED) is 0.606. The van der Waals surface area contributed by atoms with Crippen LogP contribution >= 0.6 is 0 Å². The molecule has 2 fully saturated rings. The summed E-state index contributed by atoms with van der Waals surface area (Å²) in [6.07, 6.45) is 1.10. The van der Waals surface area contributed by atoms with Crippen molar-refractivity contribution in [3.63, 3.8) is 0 Å². The van der Waals surface area contributed by atoms with Gasteiger partial charge in [0.2, 0.25) is 5.91 Å². The van der Waals surface area contributed by atoms with Crippen LogP contribution in [-0.4, -0.2) is 47.0 Å². The van der Waals surface area contributed by atoms with Crippen LogP contribution in [-0.2, 0) is 9.63 Å². The summed E-state index contributed by atoms with van der Waals surface area (Å²) < 4.78 is 0. The van der Waals surface area contributed by atoms with Crippen molar-refractivity contribution in [2.45, 2.75) is 25.3 Å². The highest BCUT2D eigenvalue weighted by Crippen LogP contribution is 2.33. The van der Waals surface area contributed by atoms with Crippen molar-refractivity contribution in [3.05, 3.63) is 0 Å². The lowest BCUT2D eigenvalue weighted by Crippen LogP contribution is -2.69. The maximum Gasteiger partial charge on any atom is 0.429 e. The summed E-state index contributed by atoms with van der Waals surface area (Å²) in [5.74, 6) is 4.82. The highest BCUT2D eigenvalue weighted by molar-refractivity contribution is 5.91. The van der Waals surface area contributed by atoms with Crippen molar-refractivity contribution >= 4 is 12.0 Å². The molecule has 0 aliphatic carbocycles. The van der Waals surface area contributed by atoms with Gasteiger partial charge in [-0.25, -0.2) is 4.79 Å². The first kappa shape index (κ1) is 10.2. The van der Waals surface area contributed by atoms with Crippen LogP contribution in [0.4, 0.5) is 4.79 Å². The van der Waals surface area contributed by atoms with Gasteiger partial charge in [-0.2, -0.15) is 5.90 Å². The van der Waals surface area contributed by atoms with E-state index < -0.39 is 11.6 Å². The maximum absolute atomic E-state index is 12.0. The largest absolute Gasteiger partial charge is 0.429 e. The molecule has 6 nitrogen and oxygen atoms in total. The summed E-state index contributed by atoms with van der Waals surface area (Å²) in [6.45, 7) is 3.88. The molecule has 1 unspecified atom stereocenters. The van der Waals surface area contributed by atoms with Crippen LogP contribution in [0.3, 0.4) is 0 Å². The monoisotopic (exact) mass is 213 g/mol. The Morgan fingerprint density at radius 1 is 1.33 bits per heavy atom. The van der Waals surface area contributed by atoms with Gasteiger partial charge in [0.25, 0.3) is 0 Å². The summed E-state index contributed by atoms with van der Waals surface area (Å²) in [5, 5.41) is 0. The molecule has 0 radical (unpaired) electrons. The number of nitrogens with two attached hydrogens (primary N) is 1. The highest BCUT2D eigenvalue weighted by Gasteiger charge is 2.52. The molecule has 2 heterocycles. The molecular formula is C9H15N3O3. The number of carbonyl (C=O) groups excluding carboxylic acids is 2. The van der Waals surface area contributed by atoms with Crippen LogP contribution in [0.15, 0.2) is 0 Å². The molecule has 0 saturated carbocycles. The number of hydrogen-bond donors (Lipinski definition) is 1. The molecular weight excluding hydrogens is 198 g/mol. The molecule has 2 aliphatic rings. The molecule has 2 rings (SSSR count). The average molecular weight is 213 g/mol. The maximum atomic E-state index is 12.0. The number of likely N-dealkylation sites (tertiary alicyclic amines) is 2. The number of carbonyl (C=O) groups is 2. The van der Waals surface area contributed by atoms with E-state index in [0.29, 0.717) is 13.0 Å². The fourth-order valence-electron chi connectivity index (χ4n) is 2.00. The zero-order valence-electron chi connectivity index (χ0n) is 8.73. The highest BCUT2D eigenvalue weighted by atomic mass is 16.7. The van der Waals surface area contributed by atoms with Crippen molar-refractivity contribution in [3.8, 4) is 0 Å². The Balaban J connectivity index is 2.05. The molecule has 15 heavy (non-hydrogen) atoms. The minimum atomic E-state index is -0.739. The van der Waals surface area contributed by atoms with Crippen LogP contribution in [0, 0.1) is 0 Å². The second-order valence-corrected chi connectivity index (χ2v) is 4.21. The number of amides is 2.